The Bertz CT molecular complexity index is 266. The molecule has 1 saturated heterocycles. The van der Waals surface area contributed by atoms with Gasteiger partial charge in [0, 0.05) is 12.2 Å². The maximum atomic E-state index is 5.78. The van der Waals surface area contributed by atoms with E-state index in [-0.39, 0.29) is 4.93 Å². The van der Waals surface area contributed by atoms with Crippen molar-refractivity contribution in [2.45, 2.75) is 76.1 Å². The molecule has 1 aliphatic heterocycles. The largest absolute Gasteiger partial charge is 0.359 e. The first-order valence-corrected chi connectivity index (χ1v) is 8.82. The second-order valence-electron chi connectivity index (χ2n) is 5.71. The number of hydrogen-bond donors (Lipinski definition) is 0. The Morgan fingerprint density at radius 1 is 1.11 bits per heavy atom. The smallest absolute Gasteiger partial charge is 0.136 e. The van der Waals surface area contributed by atoms with E-state index in [2.05, 4.69) is 13.0 Å². The van der Waals surface area contributed by atoms with Gasteiger partial charge in [-0.3, -0.25) is 0 Å². The van der Waals surface area contributed by atoms with Gasteiger partial charge in [-0.15, -0.1) is 11.8 Å². The first-order chi connectivity index (χ1) is 8.85. The molecule has 1 spiro atoms. The lowest BCUT2D eigenvalue weighted by molar-refractivity contribution is 0.0723. The molecule has 18 heavy (non-hydrogen) atoms. The number of rotatable bonds is 9. The summed E-state index contributed by atoms with van der Waals surface area (Å²) in [5.41, 5.74) is 1.65. The van der Waals surface area contributed by atoms with Gasteiger partial charge in [-0.2, -0.15) is 0 Å². The van der Waals surface area contributed by atoms with E-state index < -0.39 is 0 Å². The van der Waals surface area contributed by atoms with Crippen LogP contribution in [0.5, 0.6) is 0 Å². The van der Waals surface area contributed by atoms with E-state index in [9.17, 15) is 0 Å². The molecule has 1 nitrogen and oxygen atoms in total. The zero-order valence-corrected chi connectivity index (χ0v) is 12.7. The van der Waals surface area contributed by atoms with Gasteiger partial charge in [0.1, 0.15) is 4.93 Å². The van der Waals surface area contributed by atoms with Gasteiger partial charge in [-0.05, 0) is 18.9 Å². The summed E-state index contributed by atoms with van der Waals surface area (Å²) in [4.78, 5) is 0.134. The molecule has 0 aromatic rings. The molecule has 1 atom stereocenters. The average Bonchev–Trinajstić information content (AvgIpc) is 2.81. The number of unbranched alkanes of at least 4 members (excludes halogenated alkanes) is 7. The fraction of sp³-hybridized carbons (Fsp3) is 0.875. The van der Waals surface area contributed by atoms with Crippen LogP contribution in [0.3, 0.4) is 0 Å². The molecular weight excluding hydrogens is 240 g/mol. The average molecular weight is 268 g/mol. The minimum atomic E-state index is 0.134. The van der Waals surface area contributed by atoms with Gasteiger partial charge in [-0.1, -0.05) is 57.4 Å². The van der Waals surface area contributed by atoms with Gasteiger partial charge < -0.3 is 4.74 Å². The van der Waals surface area contributed by atoms with Crippen molar-refractivity contribution in [2.24, 2.45) is 0 Å². The highest BCUT2D eigenvalue weighted by atomic mass is 32.2. The standard InChI is InChI=1S/C16H28OS/c1-2-3-4-5-6-7-8-9-10-15-13-16(14-15)17-11-12-18-16/h13H,2-12,14H2,1H3. The molecule has 1 aliphatic carbocycles. The van der Waals surface area contributed by atoms with Crippen LogP contribution in [0.2, 0.25) is 0 Å². The zero-order chi connectivity index (χ0) is 12.7. The molecule has 0 amide bonds. The van der Waals surface area contributed by atoms with Gasteiger partial charge in [0.25, 0.3) is 0 Å². The van der Waals surface area contributed by atoms with Crippen molar-refractivity contribution in [2.75, 3.05) is 12.4 Å². The SMILES string of the molecule is CCCCCCCCCCC1=CC2(C1)OCCS2. The fourth-order valence-electron chi connectivity index (χ4n) is 2.90. The molecule has 2 heteroatoms. The Kier molecular flexibility index (Phi) is 6.10. The second-order valence-corrected chi connectivity index (χ2v) is 7.10. The third kappa shape index (κ3) is 4.31. The van der Waals surface area contributed by atoms with Crippen molar-refractivity contribution < 1.29 is 4.74 Å². The molecule has 0 radical (unpaired) electrons. The zero-order valence-electron chi connectivity index (χ0n) is 11.9. The summed E-state index contributed by atoms with van der Waals surface area (Å²) in [6.07, 6.45) is 16.3. The Labute approximate surface area is 117 Å². The quantitative estimate of drug-likeness (QED) is 0.414. The summed E-state index contributed by atoms with van der Waals surface area (Å²) in [7, 11) is 0. The fourth-order valence-corrected chi connectivity index (χ4v) is 4.12. The summed E-state index contributed by atoms with van der Waals surface area (Å²) in [5.74, 6) is 1.18. The minimum absolute atomic E-state index is 0.134. The Balaban J connectivity index is 1.43. The first-order valence-electron chi connectivity index (χ1n) is 7.83. The molecule has 1 heterocycles. The van der Waals surface area contributed by atoms with Gasteiger partial charge >= 0.3 is 0 Å². The highest BCUT2D eigenvalue weighted by Crippen LogP contribution is 2.48. The van der Waals surface area contributed by atoms with E-state index in [4.69, 9.17) is 4.74 Å². The molecule has 1 unspecified atom stereocenters. The monoisotopic (exact) mass is 268 g/mol. The van der Waals surface area contributed by atoms with Crippen LogP contribution in [0.15, 0.2) is 11.6 Å². The van der Waals surface area contributed by atoms with Crippen molar-refractivity contribution >= 4 is 11.8 Å². The van der Waals surface area contributed by atoms with Crippen LogP contribution < -0.4 is 0 Å². The summed E-state index contributed by atoms with van der Waals surface area (Å²) in [6.45, 7) is 3.23. The van der Waals surface area contributed by atoms with E-state index in [1.807, 2.05) is 11.8 Å². The topological polar surface area (TPSA) is 9.23 Å². The van der Waals surface area contributed by atoms with Crippen molar-refractivity contribution in [1.82, 2.24) is 0 Å². The minimum Gasteiger partial charge on any atom is -0.359 e. The molecule has 1 fully saturated rings. The van der Waals surface area contributed by atoms with E-state index >= 15 is 0 Å². The molecular formula is C16H28OS. The van der Waals surface area contributed by atoms with Crippen LogP contribution in [0.4, 0.5) is 0 Å². The highest BCUT2D eigenvalue weighted by Gasteiger charge is 2.40. The molecule has 0 aromatic carbocycles. The number of ether oxygens (including phenoxy) is 1. The van der Waals surface area contributed by atoms with Crippen LogP contribution in [-0.4, -0.2) is 17.3 Å². The number of hydrogen-bond acceptors (Lipinski definition) is 2. The van der Waals surface area contributed by atoms with E-state index in [0.29, 0.717) is 0 Å². The van der Waals surface area contributed by atoms with Gasteiger partial charge in [0.15, 0.2) is 0 Å². The third-order valence-electron chi connectivity index (χ3n) is 4.03. The van der Waals surface area contributed by atoms with Crippen LogP contribution in [0.25, 0.3) is 0 Å². The van der Waals surface area contributed by atoms with Crippen molar-refractivity contribution in [1.29, 1.82) is 0 Å². The predicted octanol–water partition coefficient (Wildman–Crippen LogP) is 5.31. The maximum absolute atomic E-state index is 5.78. The Morgan fingerprint density at radius 2 is 1.78 bits per heavy atom. The molecule has 2 aliphatic rings. The Morgan fingerprint density at radius 3 is 2.39 bits per heavy atom. The summed E-state index contributed by atoms with van der Waals surface area (Å²) in [5, 5.41) is 0. The molecule has 2 rings (SSSR count). The van der Waals surface area contributed by atoms with Crippen molar-refractivity contribution in [3.8, 4) is 0 Å². The van der Waals surface area contributed by atoms with Crippen LogP contribution in [0, 0.1) is 0 Å². The summed E-state index contributed by atoms with van der Waals surface area (Å²) >= 11 is 1.99. The maximum Gasteiger partial charge on any atom is 0.136 e. The van der Waals surface area contributed by atoms with Gasteiger partial charge in [0.2, 0.25) is 0 Å². The van der Waals surface area contributed by atoms with E-state index in [1.165, 1.54) is 70.0 Å². The second kappa shape index (κ2) is 7.59. The molecule has 0 N–H and O–H groups in total. The Hall–Kier alpha value is 0.0500. The first kappa shape index (κ1) is 14.5. The van der Waals surface area contributed by atoms with Crippen LogP contribution in [0.1, 0.15) is 71.1 Å². The lowest BCUT2D eigenvalue weighted by atomic mass is 9.90. The molecule has 0 aromatic heterocycles. The van der Waals surface area contributed by atoms with Gasteiger partial charge in [0.05, 0.1) is 6.61 Å². The molecule has 0 bridgehead atoms. The number of thioether (sulfide) groups is 1. The van der Waals surface area contributed by atoms with E-state index in [0.717, 1.165) is 6.61 Å². The lowest BCUT2D eigenvalue weighted by Crippen LogP contribution is -2.30. The van der Waals surface area contributed by atoms with Crippen LogP contribution >= 0.6 is 11.8 Å². The highest BCUT2D eigenvalue weighted by molar-refractivity contribution is 8.00. The molecule has 0 saturated carbocycles. The van der Waals surface area contributed by atoms with Gasteiger partial charge in [-0.25, -0.2) is 0 Å². The van der Waals surface area contributed by atoms with Crippen molar-refractivity contribution in [3.05, 3.63) is 11.6 Å². The van der Waals surface area contributed by atoms with E-state index in [1.54, 1.807) is 5.57 Å². The summed E-state index contributed by atoms with van der Waals surface area (Å²) in [6, 6.07) is 0. The normalized spacial score (nSPS) is 26.4. The predicted molar refractivity (Wildman–Crippen MR) is 81.1 cm³/mol. The lowest BCUT2D eigenvalue weighted by Gasteiger charge is -2.34. The molecule has 104 valence electrons. The van der Waals surface area contributed by atoms with Crippen LogP contribution in [-0.2, 0) is 4.74 Å². The summed E-state index contributed by atoms with van der Waals surface area (Å²) < 4.78 is 5.78. The van der Waals surface area contributed by atoms with Crippen molar-refractivity contribution in [3.63, 3.8) is 0 Å². The third-order valence-corrected chi connectivity index (χ3v) is 5.26.